The molecule has 2 atom stereocenters. The van der Waals surface area contributed by atoms with E-state index in [2.05, 4.69) is 9.97 Å². The molecule has 1 fully saturated rings. The first kappa shape index (κ1) is 19.2. The number of primary amides is 1. The molecule has 2 heterocycles. The van der Waals surface area contributed by atoms with E-state index in [1.165, 1.54) is 35.5 Å². The van der Waals surface area contributed by atoms with Crippen LogP contribution in [-0.2, 0) is 10.3 Å². The first-order valence-corrected chi connectivity index (χ1v) is 9.26. The summed E-state index contributed by atoms with van der Waals surface area (Å²) < 4.78 is 44.8. The van der Waals surface area contributed by atoms with Gasteiger partial charge in [-0.25, -0.2) is 9.97 Å². The maximum absolute atomic E-state index is 14.9. The number of rotatable bonds is 3. The maximum Gasteiger partial charge on any atom is 0.416 e. The van der Waals surface area contributed by atoms with Crippen molar-refractivity contribution in [3.63, 3.8) is 0 Å². The number of hydrogen-bond donors (Lipinski definition) is 1. The van der Waals surface area contributed by atoms with Crippen LogP contribution in [0.25, 0.3) is 10.9 Å². The van der Waals surface area contributed by atoms with E-state index in [4.69, 9.17) is 5.73 Å². The van der Waals surface area contributed by atoms with Crippen molar-refractivity contribution in [3.8, 4) is 0 Å². The molecule has 3 aromatic rings. The van der Waals surface area contributed by atoms with Gasteiger partial charge >= 0.3 is 6.18 Å². The van der Waals surface area contributed by atoms with Crippen LogP contribution < -0.4 is 10.6 Å². The quantitative estimate of drug-likeness (QED) is 0.726. The van der Waals surface area contributed by atoms with Gasteiger partial charge in [0.05, 0.1) is 11.4 Å². The summed E-state index contributed by atoms with van der Waals surface area (Å²) in [5, 5.41) is 0.490. The molecule has 5 nitrogen and oxygen atoms in total. The van der Waals surface area contributed by atoms with Gasteiger partial charge in [0.1, 0.15) is 12.1 Å². The van der Waals surface area contributed by atoms with Crippen LogP contribution in [0.5, 0.6) is 0 Å². The highest BCUT2D eigenvalue weighted by Crippen LogP contribution is 2.54. The molecule has 1 aliphatic heterocycles. The molecule has 2 aromatic carbocycles. The van der Waals surface area contributed by atoms with Gasteiger partial charge in [-0.15, -0.1) is 0 Å². The average Bonchev–Trinajstić information content (AvgIpc) is 2.72. The summed E-state index contributed by atoms with van der Waals surface area (Å²) in [6.07, 6.45) is -3.10. The third-order valence-electron chi connectivity index (χ3n) is 5.57. The highest BCUT2D eigenvalue weighted by molar-refractivity contribution is 5.90. The lowest BCUT2D eigenvalue weighted by Gasteiger charge is -2.52. The molecule has 2 N–H and O–H groups in total. The number of carbonyl (C=O) groups excluding carboxylic acids is 1. The van der Waals surface area contributed by atoms with Gasteiger partial charge in [0.25, 0.3) is 0 Å². The first-order chi connectivity index (χ1) is 13.9. The van der Waals surface area contributed by atoms with Crippen LogP contribution in [0.15, 0.2) is 60.9 Å². The van der Waals surface area contributed by atoms with Crippen molar-refractivity contribution in [2.45, 2.75) is 24.6 Å². The second-order valence-corrected chi connectivity index (χ2v) is 7.09. The van der Waals surface area contributed by atoms with E-state index in [1.807, 2.05) is 0 Å². The second-order valence-electron chi connectivity index (χ2n) is 7.09. The van der Waals surface area contributed by atoms with Crippen molar-refractivity contribution in [2.75, 3.05) is 11.4 Å². The Labute approximate surface area is 165 Å². The van der Waals surface area contributed by atoms with Crippen molar-refractivity contribution in [1.82, 2.24) is 9.97 Å². The number of hydrogen-bond acceptors (Lipinski definition) is 4. The number of aromatic nitrogens is 2. The van der Waals surface area contributed by atoms with Crippen molar-refractivity contribution < 1.29 is 18.0 Å². The summed E-state index contributed by atoms with van der Waals surface area (Å²) in [4.78, 5) is 21.9. The SMILES string of the molecule is NC(=O)C1CCCN(c2ncnc3ccccc23)C1(c1ccccc1)C(F)(F)F. The monoisotopic (exact) mass is 400 g/mol. The largest absolute Gasteiger partial charge is 0.416 e. The number of piperidine rings is 1. The number of benzene rings is 2. The molecule has 1 saturated heterocycles. The van der Waals surface area contributed by atoms with Crippen molar-refractivity contribution in [2.24, 2.45) is 11.7 Å². The van der Waals surface area contributed by atoms with Crippen LogP contribution in [0.2, 0.25) is 0 Å². The zero-order valence-electron chi connectivity index (χ0n) is 15.4. The van der Waals surface area contributed by atoms with E-state index in [0.29, 0.717) is 17.3 Å². The molecule has 1 aromatic heterocycles. The maximum atomic E-state index is 14.9. The molecule has 0 spiro atoms. The summed E-state index contributed by atoms with van der Waals surface area (Å²) >= 11 is 0. The minimum absolute atomic E-state index is 0.0290. The number of amides is 1. The molecule has 2 unspecified atom stereocenters. The molecule has 1 aliphatic rings. The summed E-state index contributed by atoms with van der Waals surface area (Å²) in [5.74, 6) is -2.29. The Balaban J connectivity index is 2.06. The van der Waals surface area contributed by atoms with E-state index in [9.17, 15) is 18.0 Å². The third kappa shape index (κ3) is 2.90. The van der Waals surface area contributed by atoms with Gasteiger partial charge in [-0.2, -0.15) is 13.2 Å². The molecule has 0 bridgehead atoms. The van der Waals surface area contributed by atoms with Crippen LogP contribution in [0.3, 0.4) is 0 Å². The Kier molecular flexibility index (Phi) is 4.64. The van der Waals surface area contributed by atoms with Crippen LogP contribution in [0, 0.1) is 5.92 Å². The van der Waals surface area contributed by atoms with E-state index in [1.54, 1.807) is 30.3 Å². The highest BCUT2D eigenvalue weighted by atomic mass is 19.4. The Morgan fingerprint density at radius 1 is 1.07 bits per heavy atom. The Morgan fingerprint density at radius 3 is 2.45 bits per heavy atom. The number of halogens is 3. The molecule has 29 heavy (non-hydrogen) atoms. The Hall–Kier alpha value is -3.16. The predicted octanol–water partition coefficient (Wildman–Crippen LogP) is 3.79. The van der Waals surface area contributed by atoms with Crippen LogP contribution in [0.1, 0.15) is 18.4 Å². The van der Waals surface area contributed by atoms with Gasteiger partial charge in [-0.1, -0.05) is 42.5 Å². The lowest BCUT2D eigenvalue weighted by Crippen LogP contribution is -2.66. The van der Waals surface area contributed by atoms with Gasteiger partial charge in [-0.05, 0) is 30.5 Å². The van der Waals surface area contributed by atoms with E-state index in [-0.39, 0.29) is 24.3 Å². The highest BCUT2D eigenvalue weighted by Gasteiger charge is 2.67. The van der Waals surface area contributed by atoms with Gasteiger partial charge in [0.15, 0.2) is 5.54 Å². The third-order valence-corrected chi connectivity index (χ3v) is 5.57. The summed E-state index contributed by atoms with van der Waals surface area (Å²) in [7, 11) is 0. The summed E-state index contributed by atoms with van der Waals surface area (Å²) in [6, 6.07) is 14.4. The van der Waals surface area contributed by atoms with E-state index < -0.39 is 23.5 Å². The summed E-state index contributed by atoms with van der Waals surface area (Å²) in [5.41, 5.74) is 3.42. The number of alkyl halides is 3. The molecule has 4 rings (SSSR count). The number of fused-ring (bicyclic) bond motifs is 1. The van der Waals surface area contributed by atoms with Gasteiger partial charge in [0.2, 0.25) is 5.91 Å². The summed E-state index contributed by atoms with van der Waals surface area (Å²) in [6.45, 7) is 0.0825. The fraction of sp³-hybridized carbons (Fsp3) is 0.286. The molecule has 0 aliphatic carbocycles. The fourth-order valence-electron chi connectivity index (χ4n) is 4.42. The fourth-order valence-corrected chi connectivity index (χ4v) is 4.42. The molecule has 0 radical (unpaired) electrons. The second kappa shape index (κ2) is 7.02. The molecule has 1 amide bonds. The number of nitrogens with two attached hydrogens (primary N) is 1. The van der Waals surface area contributed by atoms with Crippen molar-refractivity contribution in [3.05, 3.63) is 66.5 Å². The zero-order chi connectivity index (χ0) is 20.6. The average molecular weight is 400 g/mol. The minimum atomic E-state index is -4.78. The lowest BCUT2D eigenvalue weighted by molar-refractivity contribution is -0.212. The number of nitrogens with zero attached hydrogens (tertiary/aromatic N) is 3. The topological polar surface area (TPSA) is 72.1 Å². The smallest absolute Gasteiger partial charge is 0.369 e. The minimum Gasteiger partial charge on any atom is -0.369 e. The molecule has 8 heteroatoms. The first-order valence-electron chi connectivity index (χ1n) is 9.26. The van der Waals surface area contributed by atoms with E-state index in [0.717, 1.165) is 0 Å². The number of para-hydroxylation sites is 1. The van der Waals surface area contributed by atoms with Crippen LogP contribution in [-0.4, -0.2) is 28.6 Å². The molecular weight excluding hydrogens is 381 g/mol. The lowest BCUT2D eigenvalue weighted by atomic mass is 9.70. The molecule has 150 valence electrons. The van der Waals surface area contributed by atoms with Gasteiger partial charge in [-0.3, -0.25) is 4.79 Å². The van der Waals surface area contributed by atoms with E-state index >= 15 is 0 Å². The van der Waals surface area contributed by atoms with Crippen LogP contribution >= 0.6 is 0 Å². The van der Waals surface area contributed by atoms with Gasteiger partial charge < -0.3 is 10.6 Å². The van der Waals surface area contributed by atoms with Crippen molar-refractivity contribution in [1.29, 1.82) is 0 Å². The Morgan fingerprint density at radius 2 is 1.76 bits per heavy atom. The zero-order valence-corrected chi connectivity index (χ0v) is 15.4. The molecular formula is C21H19F3N4O. The van der Waals surface area contributed by atoms with Crippen molar-refractivity contribution >= 4 is 22.6 Å². The predicted molar refractivity (Wildman–Crippen MR) is 103 cm³/mol. The standard InChI is InChI=1S/C21H19F3N4O/c22-21(23,24)20(14-7-2-1-3-8-14)16(18(25)29)10-6-12-28(20)19-15-9-4-5-11-17(15)26-13-27-19/h1-5,7-9,11,13,16H,6,10,12H2,(H2,25,29). The van der Waals surface area contributed by atoms with Crippen LogP contribution in [0.4, 0.5) is 19.0 Å². The van der Waals surface area contributed by atoms with Gasteiger partial charge in [0, 0.05) is 11.9 Å². The normalized spacial score (nSPS) is 22.6. The molecule has 0 saturated carbocycles. The number of anilines is 1. The Bertz CT molecular complexity index is 1040. The number of carbonyl (C=O) groups is 1.